The zero-order valence-electron chi connectivity index (χ0n) is 18.5. The minimum atomic E-state index is -3.81. The second kappa shape index (κ2) is 10.4. The molecule has 1 aliphatic heterocycles. The van der Waals surface area contributed by atoms with Gasteiger partial charge in [-0.3, -0.25) is 4.79 Å². The first-order chi connectivity index (χ1) is 15.2. The lowest BCUT2D eigenvalue weighted by atomic mass is 10.2. The standard InChI is InChI=1S/C23H30FN3O4S/c1-4-11-26(22(28)17(2)3)14-20-13-25-23(27(20)15-21-6-5-12-31-21)32(29,30)16-18-7-9-19(24)10-8-18/h4,7-10,13,17,21H,1,5-6,11-12,14-16H2,2-3H3/t21-/m0/s1. The minimum absolute atomic E-state index is 0.0505. The van der Waals surface area contributed by atoms with E-state index in [0.29, 0.717) is 31.0 Å². The molecule has 0 aliphatic carbocycles. The molecule has 1 aromatic heterocycles. The van der Waals surface area contributed by atoms with E-state index in [-0.39, 0.29) is 35.4 Å². The Kier molecular flexibility index (Phi) is 7.84. The van der Waals surface area contributed by atoms with E-state index in [0.717, 1.165) is 12.8 Å². The number of aromatic nitrogens is 2. The summed E-state index contributed by atoms with van der Waals surface area (Å²) in [6.45, 7) is 8.91. The molecule has 1 fully saturated rings. The van der Waals surface area contributed by atoms with Gasteiger partial charge < -0.3 is 14.2 Å². The zero-order valence-corrected chi connectivity index (χ0v) is 19.4. The molecule has 9 heteroatoms. The van der Waals surface area contributed by atoms with Crippen LogP contribution in [0.15, 0.2) is 48.3 Å². The Bertz CT molecular complexity index is 1040. The van der Waals surface area contributed by atoms with E-state index in [4.69, 9.17) is 4.74 Å². The van der Waals surface area contributed by atoms with E-state index in [9.17, 15) is 17.6 Å². The highest BCUT2D eigenvalue weighted by Gasteiger charge is 2.28. The van der Waals surface area contributed by atoms with Crippen LogP contribution in [0.25, 0.3) is 0 Å². The van der Waals surface area contributed by atoms with E-state index in [1.54, 1.807) is 15.5 Å². The molecule has 0 saturated carbocycles. The fourth-order valence-corrected chi connectivity index (χ4v) is 5.27. The van der Waals surface area contributed by atoms with E-state index in [2.05, 4.69) is 11.6 Å². The van der Waals surface area contributed by atoms with Crippen LogP contribution in [-0.4, -0.2) is 48.0 Å². The number of halogens is 1. The molecule has 2 heterocycles. The van der Waals surface area contributed by atoms with Crippen molar-refractivity contribution >= 4 is 15.7 Å². The Labute approximate surface area is 188 Å². The van der Waals surface area contributed by atoms with Crippen LogP contribution in [0, 0.1) is 11.7 Å². The molecule has 0 unspecified atom stereocenters. The van der Waals surface area contributed by atoms with Gasteiger partial charge in [0.25, 0.3) is 0 Å². The predicted octanol–water partition coefficient (Wildman–Crippen LogP) is 3.35. The molecule has 1 aromatic carbocycles. The molecule has 7 nitrogen and oxygen atoms in total. The van der Waals surface area contributed by atoms with Crippen molar-refractivity contribution in [1.29, 1.82) is 0 Å². The number of carbonyl (C=O) groups excluding carboxylic acids is 1. The third-order valence-corrected chi connectivity index (χ3v) is 6.96. The first kappa shape index (κ1) is 24.1. The van der Waals surface area contributed by atoms with Crippen LogP contribution in [-0.2, 0) is 38.2 Å². The van der Waals surface area contributed by atoms with Gasteiger partial charge in [-0.1, -0.05) is 32.1 Å². The average Bonchev–Trinajstić information content (AvgIpc) is 3.39. The van der Waals surface area contributed by atoms with Crippen molar-refractivity contribution in [2.75, 3.05) is 13.2 Å². The Morgan fingerprint density at radius 1 is 1.38 bits per heavy atom. The second-order valence-corrected chi connectivity index (χ2v) is 10.2. The number of nitrogens with zero attached hydrogens (tertiary/aromatic N) is 3. The van der Waals surface area contributed by atoms with E-state index in [1.165, 1.54) is 30.5 Å². The maximum absolute atomic E-state index is 13.2. The van der Waals surface area contributed by atoms with Gasteiger partial charge in [-0.05, 0) is 30.5 Å². The molecule has 1 atom stereocenters. The summed E-state index contributed by atoms with van der Waals surface area (Å²) >= 11 is 0. The summed E-state index contributed by atoms with van der Waals surface area (Å²) in [7, 11) is -3.81. The number of hydrogen-bond donors (Lipinski definition) is 0. The summed E-state index contributed by atoms with van der Waals surface area (Å²) in [5.74, 6) is -0.974. The highest BCUT2D eigenvalue weighted by atomic mass is 32.2. The van der Waals surface area contributed by atoms with Crippen LogP contribution in [0.5, 0.6) is 0 Å². The smallest absolute Gasteiger partial charge is 0.228 e. The quantitative estimate of drug-likeness (QED) is 0.505. The zero-order chi connectivity index (χ0) is 23.3. The number of amides is 1. The highest BCUT2D eigenvalue weighted by Crippen LogP contribution is 2.23. The predicted molar refractivity (Wildman–Crippen MR) is 119 cm³/mol. The topological polar surface area (TPSA) is 81.5 Å². The molecule has 32 heavy (non-hydrogen) atoms. The molecule has 0 bridgehead atoms. The van der Waals surface area contributed by atoms with Gasteiger partial charge in [0.2, 0.25) is 20.9 Å². The SMILES string of the molecule is C=CCN(Cc1cnc(S(=O)(=O)Cc2ccc(F)cc2)n1C[C@@H]1CCCO1)C(=O)C(C)C. The van der Waals surface area contributed by atoms with E-state index in [1.807, 2.05) is 13.8 Å². The number of ether oxygens (including phenoxy) is 1. The Hall–Kier alpha value is -2.52. The van der Waals surface area contributed by atoms with Crippen LogP contribution in [0.2, 0.25) is 0 Å². The van der Waals surface area contributed by atoms with Gasteiger partial charge in [0.15, 0.2) is 0 Å². The van der Waals surface area contributed by atoms with E-state index < -0.39 is 15.7 Å². The van der Waals surface area contributed by atoms with Gasteiger partial charge in [-0.15, -0.1) is 6.58 Å². The maximum atomic E-state index is 13.2. The Morgan fingerprint density at radius 2 is 2.09 bits per heavy atom. The monoisotopic (exact) mass is 463 g/mol. The third kappa shape index (κ3) is 5.83. The largest absolute Gasteiger partial charge is 0.376 e. The van der Waals surface area contributed by atoms with Crippen LogP contribution in [0.1, 0.15) is 37.9 Å². The van der Waals surface area contributed by atoms with Gasteiger partial charge in [-0.25, -0.2) is 17.8 Å². The van der Waals surface area contributed by atoms with Crippen LogP contribution in [0.3, 0.4) is 0 Å². The minimum Gasteiger partial charge on any atom is -0.376 e. The van der Waals surface area contributed by atoms with Crippen molar-refractivity contribution in [3.63, 3.8) is 0 Å². The fourth-order valence-electron chi connectivity index (χ4n) is 3.77. The number of sulfone groups is 1. The Balaban J connectivity index is 1.94. The van der Waals surface area contributed by atoms with Gasteiger partial charge in [-0.2, -0.15) is 0 Å². The average molecular weight is 464 g/mol. The van der Waals surface area contributed by atoms with Crippen molar-refractivity contribution in [2.45, 2.75) is 56.8 Å². The van der Waals surface area contributed by atoms with Crippen molar-refractivity contribution in [2.24, 2.45) is 5.92 Å². The van der Waals surface area contributed by atoms with E-state index >= 15 is 0 Å². The first-order valence-corrected chi connectivity index (χ1v) is 12.4. The summed E-state index contributed by atoms with van der Waals surface area (Å²) in [5, 5.41) is -0.0668. The maximum Gasteiger partial charge on any atom is 0.228 e. The molecule has 1 amide bonds. The van der Waals surface area contributed by atoms with Crippen molar-refractivity contribution in [3.05, 3.63) is 60.2 Å². The highest BCUT2D eigenvalue weighted by molar-refractivity contribution is 7.90. The molecule has 0 radical (unpaired) electrons. The number of rotatable bonds is 10. The molecule has 0 N–H and O–H groups in total. The summed E-state index contributed by atoms with van der Waals surface area (Å²) < 4.78 is 47.1. The van der Waals surface area contributed by atoms with Gasteiger partial charge >= 0.3 is 0 Å². The first-order valence-electron chi connectivity index (χ1n) is 10.7. The van der Waals surface area contributed by atoms with Gasteiger partial charge in [0.1, 0.15) is 5.82 Å². The summed E-state index contributed by atoms with van der Waals surface area (Å²) in [6, 6.07) is 5.38. The van der Waals surface area contributed by atoms with Crippen LogP contribution >= 0.6 is 0 Å². The van der Waals surface area contributed by atoms with Gasteiger partial charge in [0.05, 0.1) is 36.8 Å². The fraction of sp³-hybridized carbons (Fsp3) is 0.478. The number of benzene rings is 1. The normalized spacial score (nSPS) is 16.4. The molecular weight excluding hydrogens is 433 g/mol. The Morgan fingerprint density at radius 3 is 2.69 bits per heavy atom. The van der Waals surface area contributed by atoms with Crippen molar-refractivity contribution in [3.8, 4) is 0 Å². The third-order valence-electron chi connectivity index (χ3n) is 5.37. The molecule has 1 saturated heterocycles. The van der Waals surface area contributed by atoms with Crippen LogP contribution < -0.4 is 0 Å². The summed E-state index contributed by atoms with van der Waals surface area (Å²) in [4.78, 5) is 18.5. The van der Waals surface area contributed by atoms with Crippen molar-refractivity contribution in [1.82, 2.24) is 14.5 Å². The molecule has 3 rings (SSSR count). The molecule has 0 spiro atoms. The second-order valence-electron chi connectivity index (χ2n) is 8.33. The summed E-state index contributed by atoms with van der Waals surface area (Å²) in [5.41, 5.74) is 1.09. The lowest BCUT2D eigenvalue weighted by Gasteiger charge is -2.24. The number of imidazole rings is 1. The lowest BCUT2D eigenvalue weighted by Crippen LogP contribution is -2.35. The number of hydrogen-bond acceptors (Lipinski definition) is 5. The van der Waals surface area contributed by atoms with Crippen LogP contribution in [0.4, 0.5) is 4.39 Å². The van der Waals surface area contributed by atoms with Crippen molar-refractivity contribution < 1.29 is 22.3 Å². The molecule has 1 aliphatic rings. The molecule has 2 aromatic rings. The van der Waals surface area contributed by atoms with Gasteiger partial charge in [0, 0.05) is 19.1 Å². The number of carbonyl (C=O) groups is 1. The molecular formula is C23H30FN3O4S. The summed E-state index contributed by atoms with van der Waals surface area (Å²) in [6.07, 6.45) is 4.79. The lowest BCUT2D eigenvalue weighted by molar-refractivity contribution is -0.134. The molecule has 174 valence electrons.